The van der Waals surface area contributed by atoms with Crippen LogP contribution in [0.1, 0.15) is 27.7 Å². The van der Waals surface area contributed by atoms with Gasteiger partial charge in [-0.2, -0.15) is 0 Å². The predicted octanol–water partition coefficient (Wildman–Crippen LogP) is 4.06. The Morgan fingerprint density at radius 2 is 1.74 bits per heavy atom. The molecule has 0 aliphatic carbocycles. The highest BCUT2D eigenvalue weighted by atomic mass is 32.1. The van der Waals surface area contributed by atoms with Crippen LogP contribution in [0.25, 0.3) is 10.4 Å². The number of carbonyl (C=O) groups excluding carboxylic acids is 1. The second-order valence-corrected chi connectivity index (χ2v) is 6.45. The lowest BCUT2D eigenvalue weighted by Crippen LogP contribution is -2.27. The minimum absolute atomic E-state index is 0.113. The maximum atomic E-state index is 12.6. The number of benzene rings is 2. The summed E-state index contributed by atoms with van der Waals surface area (Å²) in [7, 11) is 0. The summed E-state index contributed by atoms with van der Waals surface area (Å²) in [6, 6.07) is 19.4. The van der Waals surface area contributed by atoms with Gasteiger partial charge in [-0.15, -0.1) is 11.3 Å². The Morgan fingerprint density at radius 3 is 2.52 bits per heavy atom. The quantitative estimate of drug-likeness (QED) is 0.790. The van der Waals surface area contributed by atoms with Crippen molar-refractivity contribution >= 4 is 17.2 Å². The molecule has 1 amide bonds. The Hall–Kier alpha value is -2.43. The van der Waals surface area contributed by atoms with E-state index in [4.69, 9.17) is 0 Å². The zero-order valence-electron chi connectivity index (χ0n) is 12.3. The molecule has 0 radical (unpaired) electrons. The number of thiophene rings is 1. The molecule has 1 aliphatic heterocycles. The molecule has 0 fully saturated rings. The highest BCUT2D eigenvalue weighted by molar-refractivity contribution is 7.13. The van der Waals surface area contributed by atoms with Gasteiger partial charge in [-0.25, -0.2) is 0 Å². The molecule has 1 aromatic heterocycles. The number of hydrogen-bond donors (Lipinski definition) is 1. The number of amides is 1. The molecule has 3 aromatic rings. The third kappa shape index (κ3) is 2.36. The molecule has 0 spiro atoms. The second-order valence-electron chi connectivity index (χ2n) is 5.53. The molecular weight excluding hydrogens is 306 g/mol. The van der Waals surface area contributed by atoms with Crippen molar-refractivity contribution in [2.75, 3.05) is 0 Å². The summed E-state index contributed by atoms with van der Waals surface area (Å²) in [6.45, 7) is 0.405. The van der Waals surface area contributed by atoms with Crippen LogP contribution in [0.4, 0.5) is 0 Å². The zero-order valence-corrected chi connectivity index (χ0v) is 13.2. The summed E-state index contributed by atoms with van der Waals surface area (Å²) in [5.41, 5.74) is 3.48. The molecule has 0 saturated carbocycles. The van der Waals surface area contributed by atoms with Gasteiger partial charge < -0.3 is 10.0 Å². The van der Waals surface area contributed by atoms with Crippen LogP contribution in [0.2, 0.25) is 0 Å². The van der Waals surface area contributed by atoms with Crippen LogP contribution in [0.3, 0.4) is 0 Å². The van der Waals surface area contributed by atoms with E-state index in [9.17, 15) is 9.90 Å². The average Bonchev–Trinajstić information content (AvgIpc) is 3.15. The summed E-state index contributed by atoms with van der Waals surface area (Å²) in [5, 5.41) is 12.5. The van der Waals surface area contributed by atoms with Crippen LogP contribution in [-0.2, 0) is 6.54 Å². The molecule has 3 nitrogen and oxygen atoms in total. The molecule has 1 atom stereocenters. The molecule has 2 aromatic carbocycles. The van der Waals surface area contributed by atoms with Crippen LogP contribution in [0, 0.1) is 0 Å². The lowest BCUT2D eigenvalue weighted by Gasteiger charge is -2.21. The Morgan fingerprint density at radius 1 is 1.00 bits per heavy atom. The van der Waals surface area contributed by atoms with Crippen LogP contribution < -0.4 is 0 Å². The van der Waals surface area contributed by atoms with E-state index in [1.807, 2.05) is 47.8 Å². The van der Waals surface area contributed by atoms with Crippen molar-refractivity contribution in [2.24, 2.45) is 0 Å². The number of aliphatic hydroxyl groups excluding tert-OH is 1. The first-order valence-electron chi connectivity index (χ1n) is 7.45. The number of hydrogen-bond acceptors (Lipinski definition) is 3. The first-order chi connectivity index (χ1) is 11.3. The Kier molecular flexibility index (Phi) is 3.48. The maximum absolute atomic E-state index is 12.6. The summed E-state index contributed by atoms with van der Waals surface area (Å²) in [4.78, 5) is 15.2. The Labute approximate surface area is 138 Å². The molecule has 1 N–H and O–H groups in total. The molecule has 2 heterocycles. The lowest BCUT2D eigenvalue weighted by atomic mass is 10.1. The van der Waals surface area contributed by atoms with E-state index >= 15 is 0 Å². The summed E-state index contributed by atoms with van der Waals surface area (Å²) in [6.07, 6.45) is -0.873. The summed E-state index contributed by atoms with van der Waals surface area (Å²) in [5.74, 6) is -0.113. The normalized spacial score (nSPS) is 16.7. The van der Waals surface area contributed by atoms with E-state index in [0.29, 0.717) is 17.7 Å². The summed E-state index contributed by atoms with van der Waals surface area (Å²) < 4.78 is 0. The highest BCUT2D eigenvalue weighted by Crippen LogP contribution is 2.36. The number of fused-ring (bicyclic) bond motifs is 1. The van der Waals surface area contributed by atoms with Crippen LogP contribution in [0.5, 0.6) is 0 Å². The number of rotatable bonds is 3. The largest absolute Gasteiger partial charge is 0.369 e. The van der Waals surface area contributed by atoms with Gasteiger partial charge in [-0.3, -0.25) is 4.79 Å². The fraction of sp³-hybridized carbons (Fsp3) is 0.105. The van der Waals surface area contributed by atoms with Crippen molar-refractivity contribution in [1.29, 1.82) is 0 Å². The molecule has 4 heteroatoms. The van der Waals surface area contributed by atoms with Gasteiger partial charge in [0.05, 0.1) is 6.54 Å². The second kappa shape index (κ2) is 5.65. The number of aliphatic hydroxyl groups is 1. The lowest BCUT2D eigenvalue weighted by molar-refractivity contribution is 0.0138. The van der Waals surface area contributed by atoms with Crippen LogP contribution in [0.15, 0.2) is 66.0 Å². The van der Waals surface area contributed by atoms with E-state index in [1.54, 1.807) is 17.4 Å². The smallest absolute Gasteiger partial charge is 0.256 e. The third-order valence-corrected chi connectivity index (χ3v) is 5.15. The third-order valence-electron chi connectivity index (χ3n) is 4.15. The molecule has 114 valence electrons. The first kappa shape index (κ1) is 14.2. The minimum Gasteiger partial charge on any atom is -0.369 e. The number of nitrogens with zero attached hydrogens (tertiary/aromatic N) is 1. The van der Waals surface area contributed by atoms with Crippen molar-refractivity contribution < 1.29 is 9.90 Å². The van der Waals surface area contributed by atoms with Gasteiger partial charge in [0, 0.05) is 16.0 Å². The van der Waals surface area contributed by atoms with E-state index < -0.39 is 6.23 Å². The maximum Gasteiger partial charge on any atom is 0.256 e. The van der Waals surface area contributed by atoms with E-state index in [1.165, 1.54) is 4.90 Å². The molecular formula is C19H15NO2S. The Bertz CT molecular complexity index is 857. The average molecular weight is 321 g/mol. The Balaban J connectivity index is 1.66. The zero-order chi connectivity index (χ0) is 15.8. The van der Waals surface area contributed by atoms with Crippen LogP contribution >= 0.6 is 11.3 Å². The molecule has 23 heavy (non-hydrogen) atoms. The van der Waals surface area contributed by atoms with E-state index in [-0.39, 0.29) is 5.91 Å². The van der Waals surface area contributed by atoms with Gasteiger partial charge in [0.25, 0.3) is 5.91 Å². The first-order valence-corrected chi connectivity index (χ1v) is 8.33. The van der Waals surface area contributed by atoms with Crippen molar-refractivity contribution in [2.45, 2.75) is 12.8 Å². The van der Waals surface area contributed by atoms with Gasteiger partial charge in [-0.05, 0) is 28.6 Å². The van der Waals surface area contributed by atoms with E-state index in [0.717, 1.165) is 16.0 Å². The SMILES string of the molecule is O=C1c2ccccc2C(O)N1Cc1ccsc1-c1ccccc1. The van der Waals surface area contributed by atoms with Gasteiger partial charge in [-0.1, -0.05) is 48.5 Å². The molecule has 4 rings (SSSR count). The minimum atomic E-state index is -0.873. The predicted molar refractivity (Wildman–Crippen MR) is 91.0 cm³/mol. The highest BCUT2D eigenvalue weighted by Gasteiger charge is 2.35. The molecule has 1 aliphatic rings. The van der Waals surface area contributed by atoms with Crippen LogP contribution in [-0.4, -0.2) is 15.9 Å². The fourth-order valence-corrected chi connectivity index (χ4v) is 3.92. The molecule has 0 bridgehead atoms. The van der Waals surface area contributed by atoms with E-state index in [2.05, 4.69) is 12.1 Å². The molecule has 0 saturated heterocycles. The number of carbonyl (C=O) groups is 1. The van der Waals surface area contributed by atoms with Gasteiger partial charge >= 0.3 is 0 Å². The van der Waals surface area contributed by atoms with Gasteiger partial charge in [0.1, 0.15) is 0 Å². The summed E-state index contributed by atoms with van der Waals surface area (Å²) >= 11 is 1.65. The van der Waals surface area contributed by atoms with Crippen molar-refractivity contribution in [3.05, 3.63) is 82.7 Å². The van der Waals surface area contributed by atoms with Crippen molar-refractivity contribution in [3.63, 3.8) is 0 Å². The standard InChI is InChI=1S/C19H15NO2S/c21-18-15-8-4-5-9-16(15)19(22)20(18)12-14-10-11-23-17(14)13-6-2-1-3-7-13/h1-11,18,21H,12H2. The van der Waals surface area contributed by atoms with Gasteiger partial charge in [0.15, 0.2) is 6.23 Å². The monoisotopic (exact) mass is 321 g/mol. The van der Waals surface area contributed by atoms with Gasteiger partial charge in [0.2, 0.25) is 0 Å². The van der Waals surface area contributed by atoms with Crippen molar-refractivity contribution in [3.8, 4) is 10.4 Å². The fourth-order valence-electron chi connectivity index (χ4n) is 3.00. The van der Waals surface area contributed by atoms with Crippen molar-refractivity contribution in [1.82, 2.24) is 4.90 Å². The molecule has 1 unspecified atom stereocenters. The topological polar surface area (TPSA) is 40.5 Å².